The van der Waals surface area contributed by atoms with Crippen molar-refractivity contribution in [3.8, 4) is 0 Å². The van der Waals surface area contributed by atoms with E-state index in [2.05, 4.69) is 10.3 Å². The van der Waals surface area contributed by atoms with Crippen molar-refractivity contribution in [1.29, 1.82) is 0 Å². The van der Waals surface area contributed by atoms with E-state index >= 15 is 0 Å². The van der Waals surface area contributed by atoms with Crippen LogP contribution in [0.1, 0.15) is 0 Å². The van der Waals surface area contributed by atoms with Crippen molar-refractivity contribution >= 4 is 44.9 Å². The van der Waals surface area contributed by atoms with E-state index in [1.165, 1.54) is 0 Å². The van der Waals surface area contributed by atoms with Crippen LogP contribution >= 0.6 is 23.1 Å². The third kappa shape index (κ3) is 4.17. The Morgan fingerprint density at radius 3 is 3.05 bits per heavy atom. The predicted molar refractivity (Wildman–Crippen MR) is 82.7 cm³/mol. The number of aromatic nitrogens is 1. The van der Waals surface area contributed by atoms with Gasteiger partial charge in [-0.15, -0.1) is 11.3 Å². The van der Waals surface area contributed by atoms with Crippen molar-refractivity contribution in [2.45, 2.75) is 4.34 Å². The maximum atomic E-state index is 11.7. The van der Waals surface area contributed by atoms with E-state index in [0.717, 1.165) is 20.2 Å². The Kier molecular flexibility index (Phi) is 5.78. The van der Waals surface area contributed by atoms with Gasteiger partial charge in [0.05, 0.1) is 23.4 Å². The first-order chi connectivity index (χ1) is 9.72. The number of carbonyl (C=O) groups excluding carboxylic acids is 1. The Hall–Kier alpha value is -1.15. The molecule has 0 unspecified atom stereocenters. The highest BCUT2D eigenvalue weighted by molar-refractivity contribution is 8.00. The minimum atomic E-state index is -0.171. The smallest absolute Gasteiger partial charge is 0.250 e. The quantitative estimate of drug-likeness (QED) is 0.629. The Labute approximate surface area is 125 Å². The highest BCUT2D eigenvalue weighted by atomic mass is 32.2. The normalized spacial score (nSPS) is 10.9. The molecule has 0 fully saturated rings. The minimum Gasteiger partial charge on any atom is -0.382 e. The van der Waals surface area contributed by atoms with E-state index in [4.69, 9.17) is 9.47 Å². The summed E-state index contributed by atoms with van der Waals surface area (Å²) in [5.74, 6) is -0.171. The molecule has 7 heteroatoms. The Morgan fingerprint density at radius 1 is 1.45 bits per heavy atom. The lowest BCUT2D eigenvalue weighted by Gasteiger charge is -2.05. The number of methoxy groups -OCH3 is 1. The molecule has 1 amide bonds. The lowest BCUT2D eigenvalue weighted by atomic mass is 10.3. The molecule has 0 atom stereocenters. The van der Waals surface area contributed by atoms with Crippen LogP contribution in [0.15, 0.2) is 22.5 Å². The van der Waals surface area contributed by atoms with Gasteiger partial charge < -0.3 is 14.8 Å². The third-order valence-electron chi connectivity index (χ3n) is 2.49. The van der Waals surface area contributed by atoms with E-state index < -0.39 is 0 Å². The molecule has 0 spiro atoms. The molecule has 1 aromatic carbocycles. The summed E-state index contributed by atoms with van der Waals surface area (Å²) in [6, 6.07) is 5.69. The van der Waals surface area contributed by atoms with Crippen LogP contribution in [0.2, 0.25) is 0 Å². The highest BCUT2D eigenvalue weighted by Crippen LogP contribution is 2.29. The second-order valence-corrected chi connectivity index (χ2v) is 6.04. The fourth-order valence-corrected chi connectivity index (χ4v) is 3.10. The molecule has 0 saturated carbocycles. The molecule has 0 aliphatic heterocycles. The number of fused-ring (bicyclic) bond motifs is 1. The molecule has 2 aromatic rings. The first-order valence-corrected chi connectivity index (χ1v) is 8.08. The Morgan fingerprint density at radius 2 is 2.30 bits per heavy atom. The first-order valence-electron chi connectivity index (χ1n) is 6.04. The topological polar surface area (TPSA) is 60.5 Å². The largest absolute Gasteiger partial charge is 0.382 e. The molecule has 20 heavy (non-hydrogen) atoms. The van der Waals surface area contributed by atoms with Gasteiger partial charge in [0, 0.05) is 12.8 Å². The zero-order valence-corrected chi connectivity index (χ0v) is 13.0. The van der Waals surface area contributed by atoms with Crippen LogP contribution in [-0.4, -0.2) is 44.1 Å². The molecule has 0 bridgehead atoms. The van der Waals surface area contributed by atoms with E-state index in [9.17, 15) is 4.79 Å². The van der Waals surface area contributed by atoms with Gasteiger partial charge in [0.1, 0.15) is 6.61 Å². The summed E-state index contributed by atoms with van der Waals surface area (Å²) < 4.78 is 12.1. The number of nitrogens with one attached hydrogen (secondary N) is 1. The zero-order chi connectivity index (χ0) is 14.4. The van der Waals surface area contributed by atoms with Gasteiger partial charge in [0.25, 0.3) is 0 Å². The third-order valence-corrected chi connectivity index (χ3v) is 4.50. The number of ether oxygens (including phenoxy) is 2. The fourth-order valence-electron chi connectivity index (χ4n) is 1.57. The Balaban J connectivity index is 1.93. The van der Waals surface area contributed by atoms with Crippen molar-refractivity contribution in [3.05, 3.63) is 18.2 Å². The van der Waals surface area contributed by atoms with Crippen LogP contribution < -0.4 is 5.32 Å². The number of thiazole rings is 1. The average Bonchev–Trinajstić information content (AvgIpc) is 2.86. The molecule has 0 saturated heterocycles. The van der Waals surface area contributed by atoms with E-state index in [1.54, 1.807) is 30.2 Å². The average molecular weight is 312 g/mol. The summed E-state index contributed by atoms with van der Waals surface area (Å²) in [6.07, 6.45) is 2.00. The second-order valence-electron chi connectivity index (χ2n) is 3.96. The lowest BCUT2D eigenvalue weighted by molar-refractivity contribution is -0.121. The SMILES string of the molecule is COCCOCC(=O)Nc1ccc2nc(SC)sc2c1. The van der Waals surface area contributed by atoms with Gasteiger partial charge in [-0.25, -0.2) is 4.98 Å². The summed E-state index contributed by atoms with van der Waals surface area (Å²) in [5.41, 5.74) is 1.71. The van der Waals surface area contributed by atoms with Crippen LogP contribution in [0.3, 0.4) is 0 Å². The van der Waals surface area contributed by atoms with Gasteiger partial charge in [-0.3, -0.25) is 4.79 Å². The van der Waals surface area contributed by atoms with Crippen molar-refractivity contribution in [3.63, 3.8) is 0 Å². The van der Waals surface area contributed by atoms with Crippen LogP contribution in [0.25, 0.3) is 10.2 Å². The zero-order valence-electron chi connectivity index (χ0n) is 11.3. The van der Waals surface area contributed by atoms with Crippen LogP contribution in [0.5, 0.6) is 0 Å². The molecule has 1 heterocycles. The van der Waals surface area contributed by atoms with Crippen molar-refractivity contribution < 1.29 is 14.3 Å². The molecular weight excluding hydrogens is 296 g/mol. The number of amides is 1. The number of rotatable bonds is 7. The van der Waals surface area contributed by atoms with E-state index in [0.29, 0.717) is 13.2 Å². The van der Waals surface area contributed by atoms with E-state index in [1.807, 2.05) is 24.5 Å². The second kappa shape index (κ2) is 7.58. The summed E-state index contributed by atoms with van der Waals surface area (Å²) in [5, 5.41) is 2.81. The lowest BCUT2D eigenvalue weighted by Crippen LogP contribution is -2.19. The standard InChI is InChI=1S/C13H16N2O3S2/c1-17-5-6-18-8-12(16)14-9-3-4-10-11(7-9)20-13(15-10)19-2/h3-4,7H,5-6,8H2,1-2H3,(H,14,16). The number of thioether (sulfide) groups is 1. The van der Waals surface area contributed by atoms with Crippen molar-refractivity contribution in [2.75, 3.05) is 38.5 Å². The minimum absolute atomic E-state index is 0.0279. The van der Waals surface area contributed by atoms with Gasteiger partial charge in [-0.1, -0.05) is 11.8 Å². The van der Waals surface area contributed by atoms with Gasteiger partial charge in [-0.05, 0) is 24.5 Å². The van der Waals surface area contributed by atoms with Gasteiger partial charge in [0.2, 0.25) is 5.91 Å². The summed E-state index contributed by atoms with van der Waals surface area (Å²) >= 11 is 3.23. The molecule has 0 aliphatic rings. The first kappa shape index (κ1) is 15.2. The number of benzene rings is 1. The van der Waals surface area contributed by atoms with Gasteiger partial charge >= 0.3 is 0 Å². The molecule has 5 nitrogen and oxygen atoms in total. The molecule has 2 rings (SSSR count). The summed E-state index contributed by atoms with van der Waals surface area (Å²) in [4.78, 5) is 16.1. The van der Waals surface area contributed by atoms with Gasteiger partial charge in [-0.2, -0.15) is 0 Å². The van der Waals surface area contributed by atoms with Crippen LogP contribution in [-0.2, 0) is 14.3 Å². The number of hydrogen-bond acceptors (Lipinski definition) is 6. The Bertz CT molecular complexity index is 586. The fraction of sp³-hybridized carbons (Fsp3) is 0.385. The predicted octanol–water partition coefficient (Wildman–Crippen LogP) is 2.62. The number of anilines is 1. The summed E-state index contributed by atoms with van der Waals surface area (Å²) in [7, 11) is 1.59. The molecule has 1 aromatic heterocycles. The number of carbonyl (C=O) groups is 1. The molecule has 108 valence electrons. The van der Waals surface area contributed by atoms with E-state index in [-0.39, 0.29) is 12.5 Å². The molecular formula is C13H16N2O3S2. The van der Waals surface area contributed by atoms with Crippen LogP contribution in [0.4, 0.5) is 5.69 Å². The molecule has 0 aliphatic carbocycles. The number of nitrogens with zero attached hydrogens (tertiary/aromatic N) is 1. The van der Waals surface area contributed by atoms with Crippen LogP contribution in [0, 0.1) is 0 Å². The van der Waals surface area contributed by atoms with Crippen molar-refractivity contribution in [1.82, 2.24) is 4.98 Å². The highest BCUT2D eigenvalue weighted by Gasteiger charge is 2.06. The van der Waals surface area contributed by atoms with Crippen molar-refractivity contribution in [2.24, 2.45) is 0 Å². The maximum absolute atomic E-state index is 11.7. The molecule has 0 radical (unpaired) electrons. The van der Waals surface area contributed by atoms with Gasteiger partial charge in [0.15, 0.2) is 4.34 Å². The maximum Gasteiger partial charge on any atom is 0.250 e. The monoisotopic (exact) mass is 312 g/mol. The number of hydrogen-bond donors (Lipinski definition) is 1. The molecule has 1 N–H and O–H groups in total. The summed E-state index contributed by atoms with van der Waals surface area (Å²) in [6.45, 7) is 0.923.